The van der Waals surface area contributed by atoms with Gasteiger partial charge in [0.1, 0.15) is 0 Å². The zero-order valence-corrected chi connectivity index (χ0v) is 16.9. The van der Waals surface area contributed by atoms with Crippen LogP contribution in [-0.4, -0.2) is 23.9 Å². The fourth-order valence-corrected chi connectivity index (χ4v) is 4.24. The van der Waals surface area contributed by atoms with Gasteiger partial charge in [-0.25, -0.2) is 0 Å². The molecule has 1 aliphatic heterocycles. The van der Waals surface area contributed by atoms with Gasteiger partial charge in [-0.3, -0.25) is 9.69 Å². The molecular weight excluding hydrogens is 368 g/mol. The fraction of sp³-hybridized carbons (Fsp3) is 0.292. The maximum atomic E-state index is 12.9. The zero-order chi connectivity index (χ0) is 19.5. The molecule has 0 bridgehead atoms. The van der Waals surface area contributed by atoms with Crippen LogP contribution in [0.1, 0.15) is 24.0 Å². The number of anilines is 1. The molecule has 1 atom stereocenters. The number of hydrogen-bond acceptors (Lipinski definition) is 2. The third-order valence-corrected chi connectivity index (χ3v) is 6.09. The van der Waals surface area contributed by atoms with Crippen molar-refractivity contribution in [3.63, 3.8) is 0 Å². The Morgan fingerprint density at radius 2 is 1.89 bits per heavy atom. The highest BCUT2D eigenvalue weighted by molar-refractivity contribution is 6.31. The lowest BCUT2D eigenvalue weighted by molar-refractivity contribution is -0.121. The van der Waals surface area contributed by atoms with E-state index < -0.39 is 0 Å². The topological polar surface area (TPSA) is 32.3 Å². The lowest BCUT2D eigenvalue weighted by Crippen LogP contribution is -2.40. The second kappa shape index (κ2) is 8.34. The zero-order valence-electron chi connectivity index (χ0n) is 16.1. The molecule has 0 radical (unpaired) electrons. The van der Waals surface area contributed by atoms with Crippen LogP contribution in [0.3, 0.4) is 0 Å². The third-order valence-electron chi connectivity index (χ3n) is 5.68. The van der Waals surface area contributed by atoms with Crippen molar-refractivity contribution in [2.24, 2.45) is 5.92 Å². The first-order valence-corrected chi connectivity index (χ1v) is 10.2. The number of nitrogens with one attached hydrogen (secondary N) is 1. The van der Waals surface area contributed by atoms with E-state index in [1.54, 1.807) is 0 Å². The Morgan fingerprint density at radius 3 is 2.79 bits per heavy atom. The molecule has 3 aromatic rings. The van der Waals surface area contributed by atoms with E-state index in [2.05, 4.69) is 52.7 Å². The Labute approximate surface area is 171 Å². The molecule has 0 spiro atoms. The van der Waals surface area contributed by atoms with Crippen LogP contribution >= 0.6 is 11.6 Å². The normalized spacial score (nSPS) is 17.6. The summed E-state index contributed by atoms with van der Waals surface area (Å²) >= 11 is 6.18. The molecule has 1 aliphatic rings. The number of likely N-dealkylation sites (tertiary alicyclic amines) is 1. The summed E-state index contributed by atoms with van der Waals surface area (Å²) in [5, 5.41) is 6.33. The average Bonchev–Trinajstić information content (AvgIpc) is 2.72. The molecule has 4 rings (SSSR count). The minimum atomic E-state index is 0.00195. The van der Waals surface area contributed by atoms with Crippen molar-refractivity contribution in [2.45, 2.75) is 26.3 Å². The first-order chi connectivity index (χ1) is 13.6. The van der Waals surface area contributed by atoms with Crippen molar-refractivity contribution < 1.29 is 4.79 Å². The first-order valence-electron chi connectivity index (χ1n) is 9.87. The van der Waals surface area contributed by atoms with E-state index in [0.717, 1.165) is 43.7 Å². The van der Waals surface area contributed by atoms with Crippen molar-refractivity contribution in [2.75, 3.05) is 18.4 Å². The molecule has 0 aliphatic carbocycles. The standard InChI is InChI=1S/C24H25ClN2O/c1-17-22(25)12-5-13-23(17)26-24(28)20-10-6-14-27(16-20)15-19-9-4-8-18-7-2-3-11-21(18)19/h2-5,7-9,11-13,20H,6,10,14-16H2,1H3,(H,26,28). The van der Waals surface area contributed by atoms with Crippen molar-refractivity contribution in [1.29, 1.82) is 0 Å². The largest absolute Gasteiger partial charge is 0.326 e. The number of hydrogen-bond donors (Lipinski definition) is 1. The van der Waals surface area contributed by atoms with E-state index in [1.807, 2.05) is 25.1 Å². The van der Waals surface area contributed by atoms with Crippen LogP contribution in [0.5, 0.6) is 0 Å². The van der Waals surface area contributed by atoms with Gasteiger partial charge in [0.25, 0.3) is 0 Å². The van der Waals surface area contributed by atoms with Crippen molar-refractivity contribution in [1.82, 2.24) is 4.90 Å². The van der Waals surface area contributed by atoms with E-state index in [1.165, 1.54) is 16.3 Å². The molecule has 1 unspecified atom stereocenters. The predicted molar refractivity (Wildman–Crippen MR) is 117 cm³/mol. The quantitative estimate of drug-likeness (QED) is 0.622. The highest BCUT2D eigenvalue weighted by atomic mass is 35.5. The second-order valence-electron chi connectivity index (χ2n) is 7.61. The smallest absolute Gasteiger partial charge is 0.228 e. The van der Waals surface area contributed by atoms with Crippen molar-refractivity contribution in [3.05, 3.63) is 76.8 Å². The summed E-state index contributed by atoms with van der Waals surface area (Å²) in [7, 11) is 0. The number of carbonyl (C=O) groups excluding carboxylic acids is 1. The summed E-state index contributed by atoms with van der Waals surface area (Å²) in [6.07, 6.45) is 1.97. The van der Waals surface area contributed by atoms with Gasteiger partial charge in [-0.2, -0.15) is 0 Å². The van der Waals surface area contributed by atoms with Crippen LogP contribution in [0.15, 0.2) is 60.7 Å². The summed E-state index contributed by atoms with van der Waals surface area (Å²) in [4.78, 5) is 15.3. The number of halogens is 1. The molecule has 1 fully saturated rings. The highest BCUT2D eigenvalue weighted by Crippen LogP contribution is 2.26. The van der Waals surface area contributed by atoms with Gasteiger partial charge < -0.3 is 5.32 Å². The Balaban J connectivity index is 1.45. The van der Waals surface area contributed by atoms with E-state index in [-0.39, 0.29) is 11.8 Å². The number of piperidine rings is 1. The minimum Gasteiger partial charge on any atom is -0.326 e. The third kappa shape index (κ3) is 4.06. The predicted octanol–water partition coefficient (Wildman–Crippen LogP) is 5.65. The van der Waals surface area contributed by atoms with E-state index >= 15 is 0 Å². The summed E-state index contributed by atoms with van der Waals surface area (Å²) in [6, 6.07) is 20.6. The molecule has 4 heteroatoms. The summed E-state index contributed by atoms with van der Waals surface area (Å²) < 4.78 is 0. The number of amides is 1. The first kappa shape index (κ1) is 19.0. The van der Waals surface area contributed by atoms with Gasteiger partial charge in [0, 0.05) is 23.8 Å². The lowest BCUT2D eigenvalue weighted by Gasteiger charge is -2.32. The molecule has 0 aromatic heterocycles. The number of nitrogens with zero attached hydrogens (tertiary/aromatic N) is 1. The lowest BCUT2D eigenvalue weighted by atomic mass is 9.95. The summed E-state index contributed by atoms with van der Waals surface area (Å²) in [5.41, 5.74) is 3.05. The Kier molecular flexibility index (Phi) is 5.65. The molecule has 1 heterocycles. The average molecular weight is 393 g/mol. The van der Waals surface area contributed by atoms with Crippen LogP contribution in [0.4, 0.5) is 5.69 Å². The Morgan fingerprint density at radius 1 is 1.11 bits per heavy atom. The molecule has 3 nitrogen and oxygen atoms in total. The maximum absolute atomic E-state index is 12.9. The van der Waals surface area contributed by atoms with Gasteiger partial charge in [-0.1, -0.05) is 60.1 Å². The van der Waals surface area contributed by atoms with Gasteiger partial charge >= 0.3 is 0 Å². The number of rotatable bonds is 4. The monoisotopic (exact) mass is 392 g/mol. The minimum absolute atomic E-state index is 0.00195. The summed E-state index contributed by atoms with van der Waals surface area (Å²) in [6.45, 7) is 4.63. The molecule has 28 heavy (non-hydrogen) atoms. The molecule has 0 saturated carbocycles. The van der Waals surface area contributed by atoms with Crippen LogP contribution in [-0.2, 0) is 11.3 Å². The van der Waals surface area contributed by atoms with Crippen molar-refractivity contribution in [3.8, 4) is 0 Å². The number of fused-ring (bicyclic) bond motifs is 1. The number of carbonyl (C=O) groups is 1. The Hall–Kier alpha value is -2.36. The second-order valence-corrected chi connectivity index (χ2v) is 8.02. The molecular formula is C24H25ClN2O. The van der Waals surface area contributed by atoms with Gasteiger partial charge in [-0.15, -0.1) is 0 Å². The Bertz CT molecular complexity index is 996. The number of benzene rings is 3. The van der Waals surface area contributed by atoms with Gasteiger partial charge in [0.2, 0.25) is 5.91 Å². The van der Waals surface area contributed by atoms with Crippen LogP contribution in [0, 0.1) is 12.8 Å². The van der Waals surface area contributed by atoms with Gasteiger partial charge in [0.05, 0.1) is 5.92 Å². The maximum Gasteiger partial charge on any atom is 0.228 e. The van der Waals surface area contributed by atoms with Crippen LogP contribution in [0.2, 0.25) is 5.02 Å². The highest BCUT2D eigenvalue weighted by Gasteiger charge is 2.26. The molecule has 3 aromatic carbocycles. The summed E-state index contributed by atoms with van der Waals surface area (Å²) in [5.74, 6) is 0.0927. The van der Waals surface area contributed by atoms with Gasteiger partial charge in [0.15, 0.2) is 0 Å². The molecule has 1 saturated heterocycles. The van der Waals surface area contributed by atoms with E-state index in [4.69, 9.17) is 11.6 Å². The van der Waals surface area contributed by atoms with Gasteiger partial charge in [-0.05, 0) is 60.3 Å². The molecule has 1 amide bonds. The molecule has 1 N–H and O–H groups in total. The van der Waals surface area contributed by atoms with E-state index in [9.17, 15) is 4.79 Å². The SMILES string of the molecule is Cc1c(Cl)cccc1NC(=O)C1CCCN(Cc2cccc3ccccc23)C1. The fourth-order valence-electron chi connectivity index (χ4n) is 4.06. The van der Waals surface area contributed by atoms with Crippen molar-refractivity contribution >= 4 is 34.0 Å². The molecule has 144 valence electrons. The van der Waals surface area contributed by atoms with E-state index in [0.29, 0.717) is 5.02 Å². The van der Waals surface area contributed by atoms with Crippen LogP contribution in [0.25, 0.3) is 10.8 Å². The van der Waals surface area contributed by atoms with Crippen LogP contribution < -0.4 is 5.32 Å².